The number of hydrogen-bond donors (Lipinski definition) is 2. The highest BCUT2D eigenvalue weighted by atomic mass is 16.2. The fourth-order valence-electron chi connectivity index (χ4n) is 6.08. The third-order valence-corrected chi connectivity index (χ3v) is 6.80. The van der Waals surface area contributed by atoms with Gasteiger partial charge < -0.3 is 0 Å². The first-order valence-electron chi connectivity index (χ1n) is 8.74. The van der Waals surface area contributed by atoms with E-state index in [1.807, 2.05) is 30.3 Å². The lowest BCUT2D eigenvalue weighted by Gasteiger charge is -2.39. The minimum atomic E-state index is -0.178. The van der Waals surface area contributed by atoms with Crippen molar-refractivity contribution in [1.29, 1.82) is 0 Å². The molecule has 2 aromatic rings. The van der Waals surface area contributed by atoms with Gasteiger partial charge in [-0.3, -0.25) is 10.9 Å². The van der Waals surface area contributed by atoms with E-state index < -0.39 is 0 Å². The molecule has 0 spiro atoms. The molecule has 6 rings (SSSR count). The molecule has 0 radical (unpaired) electrons. The summed E-state index contributed by atoms with van der Waals surface area (Å²) in [6, 6.07) is 9.64. The molecule has 0 amide bonds. The predicted octanol–water partition coefficient (Wildman–Crippen LogP) is -0.114. The van der Waals surface area contributed by atoms with Crippen LogP contribution in [-0.4, -0.2) is 27.0 Å². The Labute approximate surface area is 137 Å². The number of para-hydroxylation sites is 1. The van der Waals surface area contributed by atoms with Crippen molar-refractivity contribution in [1.82, 2.24) is 24.8 Å². The van der Waals surface area contributed by atoms with Gasteiger partial charge in [0.05, 0.1) is 17.8 Å². The van der Waals surface area contributed by atoms with Gasteiger partial charge in [-0.15, -0.1) is 0 Å². The van der Waals surface area contributed by atoms with E-state index in [4.69, 9.17) is 0 Å². The zero-order valence-electron chi connectivity index (χ0n) is 13.1. The molecule has 6 atom stereocenters. The zero-order chi connectivity index (χ0) is 16.0. The van der Waals surface area contributed by atoms with E-state index in [0.717, 1.165) is 19.5 Å². The largest absolute Gasteiger partial charge is 0.352 e. The van der Waals surface area contributed by atoms with E-state index in [1.165, 1.54) is 4.57 Å². The van der Waals surface area contributed by atoms with Crippen LogP contribution in [0.5, 0.6) is 0 Å². The van der Waals surface area contributed by atoms with Crippen LogP contribution in [0.25, 0.3) is 5.69 Å². The lowest BCUT2D eigenvalue weighted by atomic mass is 9.76. The maximum atomic E-state index is 13.1. The van der Waals surface area contributed by atoms with Crippen molar-refractivity contribution >= 4 is 0 Å². The Morgan fingerprint density at radius 1 is 0.875 bits per heavy atom. The van der Waals surface area contributed by atoms with Crippen LogP contribution < -0.4 is 22.2 Å². The molecule has 24 heavy (non-hydrogen) atoms. The molecule has 4 aliphatic rings. The maximum absolute atomic E-state index is 13.1. The van der Waals surface area contributed by atoms with Gasteiger partial charge in [-0.05, 0) is 36.3 Å². The number of nitrogens with one attached hydrogen (secondary N) is 2. The van der Waals surface area contributed by atoms with Gasteiger partial charge in [-0.1, -0.05) is 18.2 Å². The summed E-state index contributed by atoms with van der Waals surface area (Å²) in [7, 11) is 0. The fraction of sp³-hybridized carbons (Fsp3) is 0.529. The van der Waals surface area contributed by atoms with Crippen LogP contribution in [0.15, 0.2) is 39.9 Å². The molecule has 1 aromatic heterocycles. The van der Waals surface area contributed by atoms with Crippen LogP contribution in [-0.2, 0) is 0 Å². The van der Waals surface area contributed by atoms with E-state index >= 15 is 0 Å². The van der Waals surface area contributed by atoms with Crippen LogP contribution >= 0.6 is 0 Å². The molecule has 2 N–H and O–H groups in total. The van der Waals surface area contributed by atoms with Crippen molar-refractivity contribution in [2.24, 2.45) is 23.7 Å². The summed E-state index contributed by atoms with van der Waals surface area (Å²) in [5, 5.41) is 0. The topological polar surface area (TPSA) is 73.0 Å². The van der Waals surface area contributed by atoms with Crippen molar-refractivity contribution < 1.29 is 0 Å². The van der Waals surface area contributed by atoms with Crippen molar-refractivity contribution in [3.05, 3.63) is 51.3 Å². The monoisotopic (exact) mass is 325 g/mol. The lowest BCUT2D eigenvalue weighted by molar-refractivity contribution is 0.110. The molecule has 1 aromatic carbocycles. The standard InChI is InChI=1S/C17H19N5O2/c23-16-20(9-4-2-1-3-5-9)17(24)22-15-10-6-13(21(16)22)14(15)12-8-19-18-7-11(10)12/h1-5,10-15,18-19H,6-8H2. The molecular weight excluding hydrogens is 306 g/mol. The number of benzene rings is 1. The molecule has 6 unspecified atom stereocenters. The molecule has 2 saturated carbocycles. The van der Waals surface area contributed by atoms with E-state index in [2.05, 4.69) is 10.9 Å². The molecule has 4 bridgehead atoms. The first-order chi connectivity index (χ1) is 11.8. The number of hydrazine groups is 1. The van der Waals surface area contributed by atoms with Crippen molar-refractivity contribution in [2.75, 3.05) is 13.1 Å². The second-order valence-electron chi connectivity index (χ2n) is 7.55. The van der Waals surface area contributed by atoms with Crippen molar-refractivity contribution in [2.45, 2.75) is 18.5 Å². The van der Waals surface area contributed by atoms with Gasteiger partial charge in [0, 0.05) is 19.0 Å². The second kappa shape index (κ2) is 4.29. The van der Waals surface area contributed by atoms with Crippen LogP contribution in [0, 0.1) is 23.7 Å². The average Bonchev–Trinajstić information content (AvgIpc) is 3.31. The first kappa shape index (κ1) is 13.2. The number of fused-ring (bicyclic) bond motifs is 4. The Morgan fingerprint density at radius 2 is 1.58 bits per heavy atom. The van der Waals surface area contributed by atoms with Crippen LogP contribution in [0.4, 0.5) is 0 Å². The van der Waals surface area contributed by atoms with E-state index in [9.17, 15) is 9.59 Å². The SMILES string of the molecule is O=c1n(-c2ccccc2)c(=O)n2n1C1CC3C4CNNCC4C1C32. The molecule has 3 fully saturated rings. The summed E-state index contributed by atoms with van der Waals surface area (Å²) in [5.74, 6) is 2.13. The summed E-state index contributed by atoms with van der Waals surface area (Å²) in [5.41, 5.74) is 6.85. The normalized spacial score (nSPS) is 38.3. The number of rotatable bonds is 1. The van der Waals surface area contributed by atoms with Gasteiger partial charge in [-0.2, -0.15) is 0 Å². The Bertz CT molecular complexity index is 942. The zero-order valence-corrected chi connectivity index (χ0v) is 13.1. The number of aromatic nitrogens is 3. The van der Waals surface area contributed by atoms with Gasteiger partial charge in [0.25, 0.3) is 0 Å². The number of hydrogen-bond acceptors (Lipinski definition) is 4. The predicted molar refractivity (Wildman–Crippen MR) is 86.9 cm³/mol. The minimum Gasteiger partial charge on any atom is -0.258 e. The summed E-state index contributed by atoms with van der Waals surface area (Å²) in [6.45, 7) is 1.90. The molecule has 1 saturated heterocycles. The van der Waals surface area contributed by atoms with Gasteiger partial charge in [-0.25, -0.2) is 23.5 Å². The molecule has 2 aliphatic heterocycles. The minimum absolute atomic E-state index is 0.173. The van der Waals surface area contributed by atoms with Gasteiger partial charge in [0.1, 0.15) is 0 Å². The summed E-state index contributed by atoms with van der Waals surface area (Å²) >= 11 is 0. The summed E-state index contributed by atoms with van der Waals surface area (Å²) in [6.07, 6.45) is 1.04. The Kier molecular flexibility index (Phi) is 2.36. The quantitative estimate of drug-likeness (QED) is 0.767. The van der Waals surface area contributed by atoms with Gasteiger partial charge >= 0.3 is 11.4 Å². The first-order valence-corrected chi connectivity index (χ1v) is 8.74. The highest BCUT2D eigenvalue weighted by Gasteiger charge is 2.65. The Morgan fingerprint density at radius 3 is 2.38 bits per heavy atom. The third-order valence-electron chi connectivity index (χ3n) is 6.80. The molecule has 3 heterocycles. The van der Waals surface area contributed by atoms with Crippen LogP contribution in [0.1, 0.15) is 18.5 Å². The highest BCUT2D eigenvalue weighted by molar-refractivity contribution is 5.31. The van der Waals surface area contributed by atoms with Crippen molar-refractivity contribution in [3.63, 3.8) is 0 Å². The van der Waals surface area contributed by atoms with Gasteiger partial charge in [0.15, 0.2) is 0 Å². The Balaban J connectivity index is 1.55. The summed E-state index contributed by atoms with van der Waals surface area (Å²) in [4.78, 5) is 26.1. The molecule has 7 nitrogen and oxygen atoms in total. The van der Waals surface area contributed by atoms with E-state index in [0.29, 0.717) is 29.4 Å². The molecule has 2 aliphatic carbocycles. The maximum Gasteiger partial charge on any atom is 0.352 e. The van der Waals surface area contributed by atoms with E-state index in [1.54, 1.807) is 9.36 Å². The highest BCUT2D eigenvalue weighted by Crippen LogP contribution is 2.65. The van der Waals surface area contributed by atoms with E-state index in [-0.39, 0.29) is 23.5 Å². The lowest BCUT2D eigenvalue weighted by Crippen LogP contribution is -2.52. The fourth-order valence-corrected chi connectivity index (χ4v) is 6.08. The van der Waals surface area contributed by atoms with Gasteiger partial charge in [0.2, 0.25) is 0 Å². The Hall–Kier alpha value is -2.12. The smallest absolute Gasteiger partial charge is 0.258 e. The van der Waals surface area contributed by atoms with Crippen LogP contribution in [0.3, 0.4) is 0 Å². The molecular formula is C17H19N5O2. The number of nitrogens with zero attached hydrogens (tertiary/aromatic N) is 3. The van der Waals surface area contributed by atoms with Crippen molar-refractivity contribution in [3.8, 4) is 5.69 Å². The molecule has 7 heteroatoms. The third kappa shape index (κ3) is 1.33. The van der Waals surface area contributed by atoms with Crippen LogP contribution in [0.2, 0.25) is 0 Å². The molecule has 124 valence electrons. The summed E-state index contributed by atoms with van der Waals surface area (Å²) < 4.78 is 4.89. The second-order valence-corrected chi connectivity index (χ2v) is 7.55. The average molecular weight is 325 g/mol.